The summed E-state index contributed by atoms with van der Waals surface area (Å²) in [6.45, 7) is 10.9. The summed E-state index contributed by atoms with van der Waals surface area (Å²) in [5.41, 5.74) is 1.96. The van der Waals surface area contributed by atoms with Crippen LogP contribution in [0.15, 0.2) is 91.0 Å². The minimum absolute atomic E-state index is 0.146. The number of ether oxygens (including phenoxy) is 2. The Kier molecular flexibility index (Phi) is 9.66. The molecule has 1 N–H and O–H groups in total. The second kappa shape index (κ2) is 12.6. The molecule has 0 saturated carbocycles. The van der Waals surface area contributed by atoms with Crippen molar-refractivity contribution in [3.63, 3.8) is 0 Å². The van der Waals surface area contributed by atoms with Crippen LogP contribution >= 0.6 is 7.37 Å². The van der Waals surface area contributed by atoms with E-state index in [2.05, 4.69) is 33.9 Å². The predicted octanol–water partition coefficient (Wildman–Crippen LogP) is 6.50. The third-order valence-electron chi connectivity index (χ3n) is 7.69. The van der Waals surface area contributed by atoms with E-state index in [0.29, 0.717) is 11.9 Å². The van der Waals surface area contributed by atoms with Crippen molar-refractivity contribution in [2.75, 3.05) is 6.61 Å². The van der Waals surface area contributed by atoms with Gasteiger partial charge >= 0.3 is 0 Å². The van der Waals surface area contributed by atoms with Gasteiger partial charge in [-0.15, -0.1) is 0 Å². The molecule has 0 radical (unpaired) electrons. The van der Waals surface area contributed by atoms with Gasteiger partial charge in [0.05, 0.1) is 19.8 Å². The molecule has 210 valence electrons. The standard InChI is InChI=1S/C31H41O6PSi/c1-31(2,3)39(4,5)37-30-29(35-23-25-17-11-7-12-18-25)28(34-22-24-15-9-6-10-16-24)27(21-32)36-38(30,33)26-19-13-8-14-20-26/h6-20,27-30,32H,21-23H2,1-5H3/t27-,28-,29+,30+,38+/m1/s1. The maximum absolute atomic E-state index is 15.0. The van der Waals surface area contributed by atoms with Gasteiger partial charge in [0.2, 0.25) is 0 Å². The summed E-state index contributed by atoms with van der Waals surface area (Å²) in [6, 6.07) is 28.8. The first-order valence-corrected chi connectivity index (χ1v) is 18.1. The first kappa shape index (κ1) is 29.9. The lowest BCUT2D eigenvalue weighted by molar-refractivity contribution is -0.167. The van der Waals surface area contributed by atoms with Crippen LogP contribution in [0.3, 0.4) is 0 Å². The molecule has 0 bridgehead atoms. The Bertz CT molecular complexity index is 1220. The molecule has 3 aromatic carbocycles. The number of hydrogen-bond acceptors (Lipinski definition) is 6. The van der Waals surface area contributed by atoms with Crippen LogP contribution in [-0.2, 0) is 36.2 Å². The van der Waals surface area contributed by atoms with Crippen LogP contribution in [0.2, 0.25) is 18.1 Å². The highest BCUT2D eigenvalue weighted by atomic mass is 31.2. The van der Waals surface area contributed by atoms with Crippen molar-refractivity contribution in [1.29, 1.82) is 0 Å². The molecule has 0 unspecified atom stereocenters. The van der Waals surface area contributed by atoms with Gasteiger partial charge in [0.1, 0.15) is 18.3 Å². The second-order valence-electron chi connectivity index (χ2n) is 11.6. The molecular formula is C31H41O6PSi. The van der Waals surface area contributed by atoms with E-state index < -0.39 is 39.8 Å². The van der Waals surface area contributed by atoms with Crippen molar-refractivity contribution in [2.24, 2.45) is 0 Å². The van der Waals surface area contributed by atoms with E-state index in [1.807, 2.05) is 78.9 Å². The fourth-order valence-electron chi connectivity index (χ4n) is 4.40. The lowest BCUT2D eigenvalue weighted by Gasteiger charge is -2.49. The van der Waals surface area contributed by atoms with Gasteiger partial charge in [-0.1, -0.05) is 99.6 Å². The van der Waals surface area contributed by atoms with E-state index in [1.165, 1.54) is 0 Å². The highest BCUT2D eigenvalue weighted by molar-refractivity contribution is 7.67. The quantitative estimate of drug-likeness (QED) is 0.222. The van der Waals surface area contributed by atoms with Gasteiger partial charge in [0.15, 0.2) is 14.2 Å². The summed E-state index contributed by atoms with van der Waals surface area (Å²) in [5, 5.41) is 10.9. The molecule has 0 aromatic heterocycles. The van der Waals surface area contributed by atoms with Crippen molar-refractivity contribution >= 4 is 21.0 Å². The minimum Gasteiger partial charge on any atom is -0.402 e. The number of benzene rings is 3. The van der Waals surface area contributed by atoms with Gasteiger partial charge in [0.25, 0.3) is 7.37 Å². The molecule has 1 saturated heterocycles. The smallest absolute Gasteiger partial charge is 0.262 e. The van der Waals surface area contributed by atoms with Gasteiger partial charge in [-0.05, 0) is 41.4 Å². The van der Waals surface area contributed by atoms with E-state index in [-0.39, 0.29) is 18.3 Å². The van der Waals surface area contributed by atoms with Crippen LogP contribution < -0.4 is 5.30 Å². The average molecular weight is 569 g/mol. The average Bonchev–Trinajstić information content (AvgIpc) is 2.93. The zero-order valence-corrected chi connectivity index (χ0v) is 25.4. The van der Waals surface area contributed by atoms with Crippen molar-refractivity contribution in [1.82, 2.24) is 0 Å². The molecule has 3 aromatic rings. The Morgan fingerprint density at radius 1 is 0.795 bits per heavy atom. The zero-order chi connectivity index (χ0) is 28.1. The zero-order valence-electron chi connectivity index (χ0n) is 23.5. The van der Waals surface area contributed by atoms with Crippen LogP contribution in [0.5, 0.6) is 0 Å². The first-order chi connectivity index (χ1) is 18.5. The fourth-order valence-corrected chi connectivity index (χ4v) is 9.19. The maximum Gasteiger partial charge on any atom is 0.262 e. The molecule has 6 nitrogen and oxygen atoms in total. The van der Waals surface area contributed by atoms with Crippen LogP contribution in [-0.4, -0.2) is 44.2 Å². The highest BCUT2D eigenvalue weighted by Gasteiger charge is 2.57. The number of aliphatic hydroxyl groups excluding tert-OH is 1. The van der Waals surface area contributed by atoms with Crippen LogP contribution in [0.25, 0.3) is 0 Å². The Morgan fingerprint density at radius 2 is 1.26 bits per heavy atom. The third kappa shape index (κ3) is 6.98. The number of hydrogen-bond donors (Lipinski definition) is 1. The molecule has 0 spiro atoms. The van der Waals surface area contributed by atoms with Crippen molar-refractivity contribution < 1.29 is 28.1 Å². The second-order valence-corrected chi connectivity index (χ2v) is 18.7. The van der Waals surface area contributed by atoms with Gasteiger partial charge in [-0.3, -0.25) is 4.57 Å². The van der Waals surface area contributed by atoms with Gasteiger partial charge < -0.3 is 23.5 Å². The van der Waals surface area contributed by atoms with E-state index in [1.54, 1.807) is 12.1 Å². The molecule has 1 fully saturated rings. The minimum atomic E-state index is -3.68. The van der Waals surface area contributed by atoms with Gasteiger partial charge in [-0.2, -0.15) is 0 Å². The van der Waals surface area contributed by atoms with Crippen LogP contribution in [0.1, 0.15) is 31.9 Å². The van der Waals surface area contributed by atoms with E-state index >= 15 is 4.57 Å². The Morgan fingerprint density at radius 3 is 1.72 bits per heavy atom. The molecule has 4 rings (SSSR count). The van der Waals surface area contributed by atoms with Crippen molar-refractivity contribution in [3.05, 3.63) is 102 Å². The maximum atomic E-state index is 15.0. The van der Waals surface area contributed by atoms with E-state index in [9.17, 15) is 5.11 Å². The molecular weight excluding hydrogens is 527 g/mol. The molecule has 0 amide bonds. The summed E-state index contributed by atoms with van der Waals surface area (Å²) in [5.74, 6) is -0.909. The lowest BCUT2D eigenvalue weighted by atomic mass is 10.1. The normalized spacial score (nSPS) is 25.9. The first-order valence-electron chi connectivity index (χ1n) is 13.5. The number of aliphatic hydroxyl groups is 1. The molecule has 1 heterocycles. The highest BCUT2D eigenvalue weighted by Crippen LogP contribution is 2.60. The van der Waals surface area contributed by atoms with Gasteiger partial charge in [-0.25, -0.2) is 0 Å². The molecule has 1 aliphatic rings. The third-order valence-corrected chi connectivity index (χ3v) is 15.0. The molecule has 39 heavy (non-hydrogen) atoms. The summed E-state index contributed by atoms with van der Waals surface area (Å²) in [4.78, 5) is 0. The fraction of sp³-hybridized carbons (Fsp3) is 0.419. The Labute approximate surface area is 233 Å². The van der Waals surface area contributed by atoms with Crippen LogP contribution in [0.4, 0.5) is 0 Å². The number of rotatable bonds is 10. The summed E-state index contributed by atoms with van der Waals surface area (Å²) in [6.07, 6.45) is -2.32. The lowest BCUT2D eigenvalue weighted by Crippen LogP contribution is -2.59. The summed E-state index contributed by atoms with van der Waals surface area (Å²) >= 11 is 0. The molecule has 1 aliphatic heterocycles. The summed E-state index contributed by atoms with van der Waals surface area (Å²) < 4.78 is 41.4. The van der Waals surface area contributed by atoms with E-state index in [0.717, 1.165) is 11.1 Å². The Balaban J connectivity index is 1.78. The Hall–Kier alpha value is -2.09. The van der Waals surface area contributed by atoms with Crippen molar-refractivity contribution in [3.8, 4) is 0 Å². The van der Waals surface area contributed by atoms with Crippen LogP contribution in [0, 0.1) is 0 Å². The van der Waals surface area contributed by atoms with Gasteiger partial charge in [0, 0.05) is 5.30 Å². The monoisotopic (exact) mass is 568 g/mol. The largest absolute Gasteiger partial charge is 0.402 e. The molecule has 8 heteroatoms. The molecule has 5 atom stereocenters. The van der Waals surface area contributed by atoms with E-state index in [4.69, 9.17) is 18.4 Å². The summed E-state index contributed by atoms with van der Waals surface area (Å²) in [7, 11) is -6.14. The topological polar surface area (TPSA) is 74.2 Å². The molecule has 0 aliphatic carbocycles. The van der Waals surface area contributed by atoms with Crippen molar-refractivity contribution in [2.45, 2.75) is 76.3 Å². The SMILES string of the molecule is CC(C)(C)[Si](C)(C)O[C@@H]1[C@@H](OCc2ccccc2)[C@H](OCc2ccccc2)[C@@H](CO)O[P@@]1(=O)c1ccccc1. The predicted molar refractivity (Wildman–Crippen MR) is 158 cm³/mol.